The molecule has 0 aromatic carbocycles. The minimum absolute atomic E-state index is 0.0741. The number of hydrogen-bond donors (Lipinski definition) is 0. The van der Waals surface area contributed by atoms with E-state index in [4.69, 9.17) is 0 Å². The van der Waals surface area contributed by atoms with Crippen molar-refractivity contribution in [3.63, 3.8) is 0 Å². The number of hydrogen-bond acceptors (Lipinski definition) is 1. The Morgan fingerprint density at radius 1 is 1.50 bits per heavy atom. The van der Waals surface area contributed by atoms with E-state index in [1.807, 2.05) is 0 Å². The molecule has 1 radical (unpaired) electrons. The first-order valence-corrected chi connectivity index (χ1v) is 3.24. The SMILES string of the molecule is O=[C]C12CCC(C1)C2. The van der Waals surface area contributed by atoms with Gasteiger partial charge in [-0.05, 0) is 31.6 Å². The van der Waals surface area contributed by atoms with Crippen molar-refractivity contribution in [3.8, 4) is 0 Å². The van der Waals surface area contributed by atoms with Crippen LogP contribution in [0.25, 0.3) is 0 Å². The lowest BCUT2D eigenvalue weighted by Gasteiger charge is -2.31. The van der Waals surface area contributed by atoms with Gasteiger partial charge in [-0.15, -0.1) is 0 Å². The molecule has 8 heavy (non-hydrogen) atoms. The molecule has 1 nitrogen and oxygen atoms in total. The molecular formula is C7H9O. The van der Waals surface area contributed by atoms with E-state index in [0.29, 0.717) is 0 Å². The lowest BCUT2D eigenvalue weighted by atomic mass is 9.71. The lowest BCUT2D eigenvalue weighted by molar-refractivity contribution is 0.225. The van der Waals surface area contributed by atoms with Gasteiger partial charge in [0, 0.05) is 5.41 Å². The topological polar surface area (TPSA) is 17.1 Å². The molecule has 0 aromatic heterocycles. The molecule has 0 unspecified atom stereocenters. The van der Waals surface area contributed by atoms with E-state index in [2.05, 4.69) is 6.29 Å². The van der Waals surface area contributed by atoms with E-state index in [1.54, 1.807) is 0 Å². The summed E-state index contributed by atoms with van der Waals surface area (Å²) in [5.74, 6) is 0.899. The first kappa shape index (κ1) is 4.54. The Morgan fingerprint density at radius 3 is 2.50 bits per heavy atom. The van der Waals surface area contributed by atoms with Crippen LogP contribution >= 0.6 is 0 Å². The van der Waals surface area contributed by atoms with Gasteiger partial charge in [0.2, 0.25) is 6.29 Å². The summed E-state index contributed by atoms with van der Waals surface area (Å²) < 4.78 is 0. The highest BCUT2D eigenvalue weighted by Gasteiger charge is 2.50. The molecule has 0 N–H and O–H groups in total. The Hall–Kier alpha value is -0.330. The van der Waals surface area contributed by atoms with Crippen LogP contribution in [0.4, 0.5) is 0 Å². The fraction of sp³-hybridized carbons (Fsp3) is 0.857. The summed E-state index contributed by atoms with van der Waals surface area (Å²) in [6.45, 7) is 0. The van der Waals surface area contributed by atoms with Crippen LogP contribution in [0.1, 0.15) is 25.7 Å². The van der Waals surface area contributed by atoms with Gasteiger partial charge in [0.1, 0.15) is 0 Å². The molecule has 3 rings (SSSR count). The molecule has 1 heteroatoms. The number of fused-ring (bicyclic) bond motifs is 1. The maximum Gasteiger partial charge on any atom is 0.205 e. The lowest BCUT2D eigenvalue weighted by Crippen LogP contribution is -2.28. The first-order valence-electron chi connectivity index (χ1n) is 3.24. The van der Waals surface area contributed by atoms with Crippen LogP contribution in [0.5, 0.6) is 0 Å². The third kappa shape index (κ3) is 0.355. The second-order valence-corrected chi connectivity index (χ2v) is 3.20. The maximum absolute atomic E-state index is 10.2. The Bertz CT molecular complexity index is 117. The molecule has 0 heterocycles. The van der Waals surface area contributed by atoms with Crippen LogP contribution in [-0.4, -0.2) is 6.29 Å². The van der Waals surface area contributed by atoms with E-state index in [-0.39, 0.29) is 5.41 Å². The molecule has 0 aliphatic heterocycles. The average molecular weight is 109 g/mol. The predicted molar refractivity (Wildman–Crippen MR) is 30.1 cm³/mol. The zero-order valence-electron chi connectivity index (χ0n) is 4.81. The zero-order valence-corrected chi connectivity index (χ0v) is 4.81. The Balaban J connectivity index is 2.19. The minimum Gasteiger partial charge on any atom is -0.290 e. The first-order chi connectivity index (χ1) is 3.85. The molecule has 0 spiro atoms. The highest BCUT2D eigenvalue weighted by Crippen LogP contribution is 2.57. The third-order valence-electron chi connectivity index (χ3n) is 2.61. The van der Waals surface area contributed by atoms with Gasteiger partial charge in [-0.1, -0.05) is 0 Å². The Kier molecular flexibility index (Phi) is 0.651. The van der Waals surface area contributed by atoms with Crippen LogP contribution in [0.2, 0.25) is 0 Å². The Labute approximate surface area is 49.1 Å². The highest BCUT2D eigenvalue weighted by molar-refractivity contribution is 5.63. The van der Waals surface area contributed by atoms with Gasteiger partial charge in [-0.25, -0.2) is 0 Å². The van der Waals surface area contributed by atoms with E-state index < -0.39 is 0 Å². The zero-order chi connectivity index (χ0) is 5.61. The second kappa shape index (κ2) is 1.15. The van der Waals surface area contributed by atoms with Crippen molar-refractivity contribution in [3.05, 3.63) is 0 Å². The molecule has 43 valence electrons. The van der Waals surface area contributed by atoms with Gasteiger partial charge in [-0.2, -0.15) is 0 Å². The number of rotatable bonds is 1. The molecule has 3 aliphatic rings. The van der Waals surface area contributed by atoms with Gasteiger partial charge < -0.3 is 0 Å². The van der Waals surface area contributed by atoms with Crippen LogP contribution in [0.3, 0.4) is 0 Å². The summed E-state index contributed by atoms with van der Waals surface area (Å²) in [5.41, 5.74) is 0.0741. The molecule has 0 aromatic rings. The van der Waals surface area contributed by atoms with E-state index >= 15 is 0 Å². The Morgan fingerprint density at radius 2 is 2.25 bits per heavy atom. The largest absolute Gasteiger partial charge is 0.290 e. The molecule has 3 saturated carbocycles. The van der Waals surface area contributed by atoms with E-state index in [0.717, 1.165) is 25.2 Å². The van der Waals surface area contributed by atoms with Crippen molar-refractivity contribution in [2.45, 2.75) is 25.7 Å². The number of carbonyl (C=O) groups excluding carboxylic acids is 1. The van der Waals surface area contributed by atoms with E-state index in [1.165, 1.54) is 6.42 Å². The maximum atomic E-state index is 10.2. The summed E-state index contributed by atoms with van der Waals surface area (Å²) in [4.78, 5) is 10.2. The van der Waals surface area contributed by atoms with Gasteiger partial charge in [-0.3, -0.25) is 4.79 Å². The molecule has 0 saturated heterocycles. The second-order valence-electron chi connectivity index (χ2n) is 3.20. The standard InChI is InChI=1S/C7H9O/c8-5-7-2-1-6(3-7)4-7/h6H,1-4H2. The monoisotopic (exact) mass is 109 g/mol. The molecule has 3 fully saturated rings. The van der Waals surface area contributed by atoms with Crippen LogP contribution in [-0.2, 0) is 4.79 Å². The fourth-order valence-corrected chi connectivity index (χ4v) is 2.07. The fourth-order valence-electron chi connectivity index (χ4n) is 2.07. The summed E-state index contributed by atoms with van der Waals surface area (Å²) in [5, 5.41) is 0. The van der Waals surface area contributed by atoms with Crippen LogP contribution in [0, 0.1) is 11.3 Å². The summed E-state index contributed by atoms with van der Waals surface area (Å²) in [6, 6.07) is 0. The van der Waals surface area contributed by atoms with Crippen molar-refractivity contribution in [1.82, 2.24) is 0 Å². The molecule has 0 atom stereocenters. The van der Waals surface area contributed by atoms with Crippen molar-refractivity contribution in [1.29, 1.82) is 0 Å². The third-order valence-corrected chi connectivity index (χ3v) is 2.61. The molecule has 0 amide bonds. The van der Waals surface area contributed by atoms with Crippen LogP contribution in [0.15, 0.2) is 0 Å². The quantitative estimate of drug-likeness (QED) is 0.495. The summed E-state index contributed by atoms with van der Waals surface area (Å²) in [6.07, 6.45) is 6.87. The van der Waals surface area contributed by atoms with E-state index in [9.17, 15) is 4.79 Å². The van der Waals surface area contributed by atoms with Gasteiger partial charge >= 0.3 is 0 Å². The van der Waals surface area contributed by atoms with Crippen molar-refractivity contribution in [2.24, 2.45) is 11.3 Å². The molecule has 3 aliphatic carbocycles. The molecule has 2 bridgehead atoms. The molecular weight excluding hydrogens is 100 g/mol. The van der Waals surface area contributed by atoms with Crippen molar-refractivity contribution >= 4 is 6.29 Å². The van der Waals surface area contributed by atoms with Gasteiger partial charge in [0.05, 0.1) is 0 Å². The normalized spacial score (nSPS) is 50.8. The predicted octanol–water partition coefficient (Wildman–Crippen LogP) is 1.29. The summed E-state index contributed by atoms with van der Waals surface area (Å²) >= 11 is 0. The minimum atomic E-state index is 0.0741. The van der Waals surface area contributed by atoms with Crippen LogP contribution < -0.4 is 0 Å². The average Bonchev–Trinajstić information content (AvgIpc) is 2.17. The smallest absolute Gasteiger partial charge is 0.205 e. The van der Waals surface area contributed by atoms with Crippen molar-refractivity contribution < 1.29 is 4.79 Å². The van der Waals surface area contributed by atoms with Gasteiger partial charge in [0.15, 0.2) is 0 Å². The van der Waals surface area contributed by atoms with Gasteiger partial charge in [0.25, 0.3) is 0 Å². The highest BCUT2D eigenvalue weighted by atomic mass is 16.1. The summed E-state index contributed by atoms with van der Waals surface area (Å²) in [7, 11) is 0. The van der Waals surface area contributed by atoms with Crippen molar-refractivity contribution in [2.75, 3.05) is 0 Å².